The molecule has 0 aliphatic rings. The van der Waals surface area contributed by atoms with Gasteiger partial charge in [-0.15, -0.1) is 0 Å². The van der Waals surface area contributed by atoms with Crippen molar-refractivity contribution < 1.29 is 14.3 Å². The van der Waals surface area contributed by atoms with E-state index in [1.165, 1.54) is 18.2 Å². The van der Waals surface area contributed by atoms with E-state index in [1.54, 1.807) is 0 Å². The molecule has 2 aromatic rings. The van der Waals surface area contributed by atoms with Crippen LogP contribution in [-0.2, 0) is 22.5 Å². The number of rotatable bonds is 8. The average molecular weight is 299 g/mol. The Morgan fingerprint density at radius 3 is 2.41 bits per heavy atom. The topological polar surface area (TPSA) is 47.6 Å². The second-order valence-corrected chi connectivity index (χ2v) is 4.92. The first-order valence-electron chi connectivity index (χ1n) is 7.31. The molecule has 22 heavy (non-hydrogen) atoms. The van der Waals surface area contributed by atoms with Crippen molar-refractivity contribution in [1.82, 2.24) is 5.32 Å². The molecule has 0 spiro atoms. The van der Waals surface area contributed by atoms with E-state index in [4.69, 9.17) is 4.74 Å². The fraction of sp³-hybridized carbons (Fsp3) is 0.278. The first kappa shape index (κ1) is 16.0. The summed E-state index contributed by atoms with van der Waals surface area (Å²) < 4.78 is 9.83. The maximum atomic E-state index is 11.0. The molecule has 4 nitrogen and oxygen atoms in total. The fourth-order valence-corrected chi connectivity index (χ4v) is 2.01. The maximum Gasteiger partial charge on any atom is 0.343 e. The summed E-state index contributed by atoms with van der Waals surface area (Å²) in [5.41, 5.74) is 2.51. The lowest BCUT2D eigenvalue weighted by molar-refractivity contribution is -0.142. The highest BCUT2D eigenvalue weighted by molar-refractivity contribution is 5.70. The van der Waals surface area contributed by atoms with Crippen molar-refractivity contribution in [1.29, 1.82) is 0 Å². The molecule has 0 amide bonds. The second kappa shape index (κ2) is 8.85. The largest absolute Gasteiger partial charge is 0.482 e. The van der Waals surface area contributed by atoms with Crippen LogP contribution in [0.4, 0.5) is 0 Å². The molecule has 0 aliphatic carbocycles. The number of benzene rings is 2. The van der Waals surface area contributed by atoms with Gasteiger partial charge in [0.25, 0.3) is 0 Å². The molecule has 0 atom stereocenters. The normalized spacial score (nSPS) is 10.2. The van der Waals surface area contributed by atoms with Crippen molar-refractivity contribution in [2.45, 2.75) is 13.0 Å². The highest BCUT2D eigenvalue weighted by atomic mass is 16.6. The summed E-state index contributed by atoms with van der Waals surface area (Å²) in [4.78, 5) is 11.0. The third-order valence-electron chi connectivity index (χ3n) is 3.27. The summed E-state index contributed by atoms with van der Waals surface area (Å²) in [5, 5.41) is 3.42. The van der Waals surface area contributed by atoms with E-state index in [9.17, 15) is 4.79 Å². The van der Waals surface area contributed by atoms with Crippen LogP contribution in [0.3, 0.4) is 0 Å². The Kier molecular flexibility index (Phi) is 6.45. The van der Waals surface area contributed by atoms with E-state index in [0.717, 1.165) is 19.5 Å². The minimum absolute atomic E-state index is 0.0610. The van der Waals surface area contributed by atoms with Crippen molar-refractivity contribution in [2.75, 3.05) is 20.3 Å². The molecule has 0 aromatic heterocycles. The molecule has 0 bridgehead atoms. The minimum atomic E-state index is -0.380. The van der Waals surface area contributed by atoms with E-state index < -0.39 is 0 Å². The van der Waals surface area contributed by atoms with Crippen molar-refractivity contribution in [3.05, 3.63) is 65.7 Å². The van der Waals surface area contributed by atoms with E-state index in [-0.39, 0.29) is 12.6 Å². The number of hydrogen-bond acceptors (Lipinski definition) is 4. The minimum Gasteiger partial charge on any atom is -0.482 e. The van der Waals surface area contributed by atoms with Gasteiger partial charge in [0.15, 0.2) is 6.61 Å². The quantitative estimate of drug-likeness (QED) is 0.601. The number of carbonyl (C=O) groups is 1. The van der Waals surface area contributed by atoms with Crippen LogP contribution in [0.15, 0.2) is 54.6 Å². The second-order valence-electron chi connectivity index (χ2n) is 4.92. The highest BCUT2D eigenvalue weighted by Crippen LogP contribution is 2.12. The van der Waals surface area contributed by atoms with Gasteiger partial charge in [-0.3, -0.25) is 0 Å². The Morgan fingerprint density at radius 2 is 1.73 bits per heavy atom. The fourth-order valence-electron chi connectivity index (χ4n) is 2.01. The first-order chi connectivity index (χ1) is 10.8. The molecule has 0 radical (unpaired) electrons. The van der Waals surface area contributed by atoms with Crippen LogP contribution in [-0.4, -0.2) is 26.2 Å². The molecule has 4 heteroatoms. The summed E-state index contributed by atoms with van der Waals surface area (Å²) in [5.74, 6) is 0.292. The monoisotopic (exact) mass is 299 g/mol. The number of nitrogens with one attached hydrogen (secondary N) is 1. The van der Waals surface area contributed by atoms with Crippen molar-refractivity contribution in [3.63, 3.8) is 0 Å². The molecule has 0 fully saturated rings. The number of methoxy groups -OCH3 is 1. The molecular formula is C18H21NO3. The van der Waals surface area contributed by atoms with Gasteiger partial charge in [0.1, 0.15) is 5.75 Å². The van der Waals surface area contributed by atoms with Gasteiger partial charge in [-0.1, -0.05) is 42.5 Å². The lowest BCUT2D eigenvalue weighted by Crippen LogP contribution is -2.16. The van der Waals surface area contributed by atoms with Crippen LogP contribution in [0.25, 0.3) is 0 Å². The van der Waals surface area contributed by atoms with E-state index in [1.807, 2.05) is 42.5 Å². The summed E-state index contributed by atoms with van der Waals surface area (Å²) in [6.45, 7) is 1.73. The predicted octanol–water partition coefficient (Wildman–Crippen LogP) is 2.57. The number of carbonyl (C=O) groups excluding carboxylic acids is 1. The Hall–Kier alpha value is -2.33. The molecule has 2 aromatic carbocycles. The Morgan fingerprint density at radius 1 is 1.00 bits per heavy atom. The summed E-state index contributed by atoms with van der Waals surface area (Å²) in [6.07, 6.45) is 0.949. The molecule has 0 saturated carbocycles. The Labute approximate surface area is 131 Å². The lowest BCUT2D eigenvalue weighted by Gasteiger charge is -2.07. The number of hydrogen-bond donors (Lipinski definition) is 1. The average Bonchev–Trinajstić information content (AvgIpc) is 2.58. The van der Waals surface area contributed by atoms with Crippen LogP contribution in [0.1, 0.15) is 11.1 Å². The zero-order chi connectivity index (χ0) is 15.6. The van der Waals surface area contributed by atoms with E-state index in [2.05, 4.69) is 22.2 Å². The van der Waals surface area contributed by atoms with Crippen molar-refractivity contribution in [2.24, 2.45) is 0 Å². The zero-order valence-electron chi connectivity index (χ0n) is 12.7. The van der Waals surface area contributed by atoms with Crippen molar-refractivity contribution >= 4 is 5.97 Å². The van der Waals surface area contributed by atoms with Crippen molar-refractivity contribution in [3.8, 4) is 5.75 Å². The van der Waals surface area contributed by atoms with Crippen LogP contribution >= 0.6 is 0 Å². The molecule has 0 saturated heterocycles. The van der Waals surface area contributed by atoms with Crippen LogP contribution in [0.2, 0.25) is 0 Å². The van der Waals surface area contributed by atoms with E-state index in [0.29, 0.717) is 5.75 Å². The first-order valence-corrected chi connectivity index (χ1v) is 7.31. The third kappa shape index (κ3) is 5.58. The summed E-state index contributed by atoms with van der Waals surface area (Å²) in [7, 11) is 1.34. The third-order valence-corrected chi connectivity index (χ3v) is 3.27. The van der Waals surface area contributed by atoms with Crippen LogP contribution < -0.4 is 10.1 Å². The number of ether oxygens (including phenoxy) is 2. The molecule has 2 rings (SSSR count). The van der Waals surface area contributed by atoms with Crippen LogP contribution in [0.5, 0.6) is 5.75 Å². The van der Waals surface area contributed by atoms with Gasteiger partial charge < -0.3 is 14.8 Å². The molecular weight excluding hydrogens is 278 g/mol. The molecule has 0 heterocycles. The maximum absolute atomic E-state index is 11.0. The lowest BCUT2D eigenvalue weighted by atomic mass is 10.1. The molecule has 0 aliphatic heterocycles. The van der Waals surface area contributed by atoms with E-state index >= 15 is 0 Å². The SMILES string of the molecule is COC(=O)COc1ccc(CCNCc2ccccc2)cc1. The Bertz CT molecular complexity index is 567. The molecule has 0 unspecified atom stereocenters. The smallest absolute Gasteiger partial charge is 0.343 e. The summed E-state index contributed by atoms with van der Waals surface area (Å²) in [6, 6.07) is 18.1. The van der Waals surface area contributed by atoms with Gasteiger partial charge in [-0.2, -0.15) is 0 Å². The van der Waals surface area contributed by atoms with Gasteiger partial charge in [0.2, 0.25) is 0 Å². The van der Waals surface area contributed by atoms with Crippen LogP contribution in [0, 0.1) is 0 Å². The standard InChI is InChI=1S/C18H21NO3/c1-21-18(20)14-22-17-9-7-15(8-10-17)11-12-19-13-16-5-3-2-4-6-16/h2-10,19H,11-14H2,1H3. The molecule has 116 valence electrons. The molecule has 1 N–H and O–H groups in total. The Balaban J connectivity index is 1.69. The summed E-state index contributed by atoms with van der Waals surface area (Å²) >= 11 is 0. The van der Waals surface area contributed by atoms with Gasteiger partial charge in [-0.25, -0.2) is 4.79 Å². The predicted molar refractivity (Wildman–Crippen MR) is 85.8 cm³/mol. The van der Waals surface area contributed by atoms with Gasteiger partial charge in [0, 0.05) is 6.54 Å². The van der Waals surface area contributed by atoms with Gasteiger partial charge in [0.05, 0.1) is 7.11 Å². The number of esters is 1. The highest BCUT2D eigenvalue weighted by Gasteiger charge is 2.01. The zero-order valence-corrected chi connectivity index (χ0v) is 12.7. The van der Waals surface area contributed by atoms with Gasteiger partial charge >= 0.3 is 5.97 Å². The van der Waals surface area contributed by atoms with Gasteiger partial charge in [-0.05, 0) is 36.2 Å².